The van der Waals surface area contributed by atoms with Crippen molar-refractivity contribution in [2.45, 2.75) is 31.9 Å². The molecular formula is C10H19NO2. The Morgan fingerprint density at radius 3 is 2.77 bits per heavy atom. The van der Waals surface area contributed by atoms with Crippen molar-refractivity contribution in [3.05, 3.63) is 0 Å². The molecule has 2 fully saturated rings. The van der Waals surface area contributed by atoms with Gasteiger partial charge < -0.3 is 9.47 Å². The van der Waals surface area contributed by atoms with Crippen LogP contribution in [-0.2, 0) is 9.47 Å². The van der Waals surface area contributed by atoms with E-state index in [2.05, 4.69) is 18.7 Å². The maximum Gasteiger partial charge on any atom is 0.106 e. The smallest absolute Gasteiger partial charge is 0.106 e. The number of ether oxygens (including phenoxy) is 2. The van der Waals surface area contributed by atoms with Gasteiger partial charge in [-0.1, -0.05) is 0 Å². The third-order valence-corrected chi connectivity index (χ3v) is 3.08. The monoisotopic (exact) mass is 185 g/mol. The predicted octanol–water partition coefficient (Wildman–Crippen LogP) is 0.886. The molecule has 0 aliphatic carbocycles. The molecule has 1 atom stereocenters. The van der Waals surface area contributed by atoms with Crippen LogP contribution in [0.4, 0.5) is 0 Å². The summed E-state index contributed by atoms with van der Waals surface area (Å²) in [5, 5.41) is 0. The molecule has 13 heavy (non-hydrogen) atoms. The van der Waals surface area contributed by atoms with E-state index < -0.39 is 0 Å². The number of morpholine rings is 1. The number of nitrogens with zero attached hydrogens (tertiary/aromatic N) is 1. The lowest BCUT2D eigenvalue weighted by Gasteiger charge is -2.41. The first-order valence-electron chi connectivity index (χ1n) is 5.18. The van der Waals surface area contributed by atoms with E-state index >= 15 is 0 Å². The summed E-state index contributed by atoms with van der Waals surface area (Å²) in [5.74, 6) is 0. The van der Waals surface area contributed by atoms with Crippen molar-refractivity contribution in [3.63, 3.8) is 0 Å². The second-order valence-corrected chi connectivity index (χ2v) is 4.40. The molecular weight excluding hydrogens is 166 g/mol. The molecule has 0 saturated carbocycles. The van der Waals surface area contributed by atoms with E-state index in [-0.39, 0.29) is 5.60 Å². The Hall–Kier alpha value is -0.120. The van der Waals surface area contributed by atoms with Crippen LogP contribution in [0.25, 0.3) is 0 Å². The van der Waals surface area contributed by atoms with Crippen LogP contribution in [0.15, 0.2) is 0 Å². The Bertz CT molecular complexity index is 176. The van der Waals surface area contributed by atoms with E-state index in [1.807, 2.05) is 0 Å². The van der Waals surface area contributed by atoms with Crippen molar-refractivity contribution in [1.29, 1.82) is 0 Å². The van der Waals surface area contributed by atoms with Gasteiger partial charge in [0.25, 0.3) is 0 Å². The second kappa shape index (κ2) is 3.56. The first kappa shape index (κ1) is 9.44. The van der Waals surface area contributed by atoms with Gasteiger partial charge in [0.2, 0.25) is 0 Å². The Balaban J connectivity index is 1.98. The van der Waals surface area contributed by atoms with Crippen LogP contribution in [0.2, 0.25) is 0 Å². The fourth-order valence-corrected chi connectivity index (χ4v) is 2.14. The first-order valence-corrected chi connectivity index (χ1v) is 5.18. The average molecular weight is 185 g/mol. The average Bonchev–Trinajstić information content (AvgIpc) is 2.53. The van der Waals surface area contributed by atoms with Crippen LogP contribution in [0, 0.1) is 0 Å². The topological polar surface area (TPSA) is 21.7 Å². The van der Waals surface area contributed by atoms with E-state index in [1.54, 1.807) is 0 Å². The third kappa shape index (κ3) is 1.87. The predicted molar refractivity (Wildman–Crippen MR) is 50.8 cm³/mol. The highest BCUT2D eigenvalue weighted by molar-refractivity contribution is 4.91. The summed E-state index contributed by atoms with van der Waals surface area (Å²) >= 11 is 0. The van der Waals surface area contributed by atoms with Crippen molar-refractivity contribution in [2.75, 3.05) is 32.9 Å². The highest BCUT2D eigenvalue weighted by Gasteiger charge is 2.40. The molecule has 2 rings (SSSR count). The summed E-state index contributed by atoms with van der Waals surface area (Å²) in [5.41, 5.74) is 0.0303. The maximum atomic E-state index is 5.84. The molecule has 0 aromatic rings. The fraction of sp³-hybridized carbons (Fsp3) is 1.00. The summed E-state index contributed by atoms with van der Waals surface area (Å²) < 4.78 is 11.3. The molecule has 1 unspecified atom stereocenters. The van der Waals surface area contributed by atoms with Crippen LogP contribution in [0.3, 0.4) is 0 Å². The summed E-state index contributed by atoms with van der Waals surface area (Å²) in [7, 11) is 0. The molecule has 3 heteroatoms. The zero-order valence-corrected chi connectivity index (χ0v) is 8.58. The Morgan fingerprint density at radius 2 is 2.15 bits per heavy atom. The molecule has 76 valence electrons. The quantitative estimate of drug-likeness (QED) is 0.605. The van der Waals surface area contributed by atoms with Crippen LogP contribution in [0.5, 0.6) is 0 Å². The molecule has 0 radical (unpaired) electrons. The third-order valence-electron chi connectivity index (χ3n) is 3.08. The number of hydrogen-bond donors (Lipinski definition) is 0. The SMILES string of the molecule is CC(C)N1CCOC2(CCOC2)C1. The zero-order chi connectivity index (χ0) is 9.31. The lowest BCUT2D eigenvalue weighted by atomic mass is 10.00. The molecule has 0 bridgehead atoms. The minimum absolute atomic E-state index is 0.0303. The van der Waals surface area contributed by atoms with E-state index in [4.69, 9.17) is 9.47 Å². The molecule has 0 aromatic carbocycles. The molecule has 2 aliphatic heterocycles. The van der Waals surface area contributed by atoms with Gasteiger partial charge >= 0.3 is 0 Å². The van der Waals surface area contributed by atoms with Gasteiger partial charge in [0, 0.05) is 32.2 Å². The van der Waals surface area contributed by atoms with Crippen LogP contribution in [0.1, 0.15) is 20.3 Å². The minimum atomic E-state index is 0.0303. The zero-order valence-electron chi connectivity index (χ0n) is 8.58. The number of hydrogen-bond acceptors (Lipinski definition) is 3. The molecule has 1 spiro atoms. The maximum absolute atomic E-state index is 5.84. The Labute approximate surface area is 80.0 Å². The molecule has 3 nitrogen and oxygen atoms in total. The van der Waals surface area contributed by atoms with Crippen LogP contribution >= 0.6 is 0 Å². The van der Waals surface area contributed by atoms with Gasteiger partial charge in [-0.3, -0.25) is 4.90 Å². The minimum Gasteiger partial charge on any atom is -0.378 e. The van der Waals surface area contributed by atoms with E-state index in [0.717, 1.165) is 39.3 Å². The van der Waals surface area contributed by atoms with Crippen molar-refractivity contribution >= 4 is 0 Å². The first-order chi connectivity index (χ1) is 6.22. The van der Waals surface area contributed by atoms with Gasteiger partial charge in [-0.05, 0) is 13.8 Å². The van der Waals surface area contributed by atoms with Gasteiger partial charge in [-0.25, -0.2) is 0 Å². The van der Waals surface area contributed by atoms with E-state index in [9.17, 15) is 0 Å². The van der Waals surface area contributed by atoms with Crippen LogP contribution < -0.4 is 0 Å². The van der Waals surface area contributed by atoms with Gasteiger partial charge in [0.1, 0.15) is 5.60 Å². The van der Waals surface area contributed by atoms with E-state index in [0.29, 0.717) is 6.04 Å². The summed E-state index contributed by atoms with van der Waals surface area (Å²) in [6.45, 7) is 9.12. The van der Waals surface area contributed by atoms with Gasteiger partial charge in [-0.15, -0.1) is 0 Å². The highest BCUT2D eigenvalue weighted by Crippen LogP contribution is 2.27. The summed E-state index contributed by atoms with van der Waals surface area (Å²) in [6, 6.07) is 0.626. The van der Waals surface area contributed by atoms with Crippen molar-refractivity contribution in [1.82, 2.24) is 4.90 Å². The Morgan fingerprint density at radius 1 is 1.31 bits per heavy atom. The standard InChI is InChI=1S/C10H19NO2/c1-9(2)11-4-6-13-10(7-11)3-5-12-8-10/h9H,3-8H2,1-2H3. The molecule has 0 amide bonds. The number of rotatable bonds is 1. The molecule has 2 saturated heterocycles. The normalized spacial score (nSPS) is 36.2. The van der Waals surface area contributed by atoms with Crippen molar-refractivity contribution < 1.29 is 9.47 Å². The molecule has 2 aliphatic rings. The molecule has 0 aromatic heterocycles. The van der Waals surface area contributed by atoms with Gasteiger partial charge in [0.05, 0.1) is 13.2 Å². The van der Waals surface area contributed by atoms with E-state index in [1.165, 1.54) is 0 Å². The lowest BCUT2D eigenvalue weighted by Crippen LogP contribution is -2.54. The fourth-order valence-electron chi connectivity index (χ4n) is 2.14. The largest absolute Gasteiger partial charge is 0.378 e. The second-order valence-electron chi connectivity index (χ2n) is 4.40. The molecule has 2 heterocycles. The van der Waals surface area contributed by atoms with Crippen molar-refractivity contribution in [3.8, 4) is 0 Å². The summed E-state index contributed by atoms with van der Waals surface area (Å²) in [4.78, 5) is 2.48. The molecule has 0 N–H and O–H groups in total. The van der Waals surface area contributed by atoms with Crippen molar-refractivity contribution in [2.24, 2.45) is 0 Å². The van der Waals surface area contributed by atoms with Crippen LogP contribution in [-0.4, -0.2) is 49.5 Å². The highest BCUT2D eigenvalue weighted by atomic mass is 16.6. The van der Waals surface area contributed by atoms with Gasteiger partial charge in [0.15, 0.2) is 0 Å². The van der Waals surface area contributed by atoms with Gasteiger partial charge in [-0.2, -0.15) is 0 Å². The summed E-state index contributed by atoms with van der Waals surface area (Å²) in [6.07, 6.45) is 1.07. The Kier molecular flexibility index (Phi) is 2.58. The lowest BCUT2D eigenvalue weighted by molar-refractivity contribution is -0.115.